The van der Waals surface area contributed by atoms with Crippen molar-refractivity contribution >= 4 is 11.6 Å². The molecule has 34 heavy (non-hydrogen) atoms. The summed E-state index contributed by atoms with van der Waals surface area (Å²) in [6, 6.07) is 18.9. The van der Waals surface area contributed by atoms with Crippen molar-refractivity contribution in [3.05, 3.63) is 89.9 Å². The zero-order chi connectivity index (χ0) is 23.5. The maximum atomic E-state index is 13.4. The van der Waals surface area contributed by atoms with E-state index in [4.69, 9.17) is 14.2 Å². The van der Waals surface area contributed by atoms with Gasteiger partial charge in [-0.05, 0) is 61.4 Å². The second-order valence-electron chi connectivity index (χ2n) is 8.28. The Morgan fingerprint density at radius 2 is 1.85 bits per heavy atom. The van der Waals surface area contributed by atoms with Crippen molar-refractivity contribution in [3.63, 3.8) is 0 Å². The quantitative estimate of drug-likeness (QED) is 0.395. The third kappa shape index (κ3) is 4.29. The van der Waals surface area contributed by atoms with Crippen LogP contribution < -0.4 is 14.2 Å². The molecule has 0 radical (unpaired) electrons. The van der Waals surface area contributed by atoms with Gasteiger partial charge >= 0.3 is 0 Å². The minimum atomic E-state index is -0.0284. The molecule has 0 aliphatic carbocycles. The molecule has 1 aliphatic heterocycles. The number of amides is 1. The van der Waals surface area contributed by atoms with Crippen molar-refractivity contribution in [2.45, 2.75) is 25.5 Å². The molecule has 0 spiro atoms. The maximum absolute atomic E-state index is 13.4. The first-order valence-electron chi connectivity index (χ1n) is 11.3. The molecule has 5 rings (SSSR count). The monoisotopic (exact) mass is 457 g/mol. The number of hydrogen-bond acceptors (Lipinski definition) is 5. The number of carbonyl (C=O) groups excluding carboxylic acids is 1. The Morgan fingerprint density at radius 1 is 1.03 bits per heavy atom. The summed E-state index contributed by atoms with van der Waals surface area (Å²) in [6.07, 6.45) is 5.76. The molecule has 1 aliphatic rings. The van der Waals surface area contributed by atoms with E-state index in [0.29, 0.717) is 24.5 Å². The SMILES string of the molecule is COc1ccc([C@@H]2CCCN2C(=O)c2ccc(OCc3cn4ccccc4n3)cc2)c(OC)c1. The van der Waals surface area contributed by atoms with Gasteiger partial charge in [-0.2, -0.15) is 0 Å². The summed E-state index contributed by atoms with van der Waals surface area (Å²) in [5.74, 6) is 2.17. The standard InChI is InChI=1S/C27H27N3O4/c1-32-22-12-13-23(25(16-22)33-2)24-6-5-15-30(24)27(31)19-8-10-21(11-9-19)34-18-20-17-29-14-4-3-7-26(29)28-20/h3-4,7-14,16-17,24H,5-6,15,18H2,1-2H3/t24-/m0/s1. The van der Waals surface area contributed by atoms with Crippen molar-refractivity contribution in [1.82, 2.24) is 14.3 Å². The molecule has 1 atom stereocenters. The van der Waals surface area contributed by atoms with Crippen LogP contribution in [-0.2, 0) is 6.61 Å². The van der Waals surface area contributed by atoms with E-state index in [-0.39, 0.29) is 11.9 Å². The molecule has 1 amide bonds. The van der Waals surface area contributed by atoms with Crippen LogP contribution in [0, 0.1) is 0 Å². The molecule has 4 aromatic rings. The summed E-state index contributed by atoms with van der Waals surface area (Å²) in [5, 5.41) is 0. The Balaban J connectivity index is 1.27. The van der Waals surface area contributed by atoms with Crippen molar-refractivity contribution in [3.8, 4) is 17.2 Å². The van der Waals surface area contributed by atoms with E-state index in [1.54, 1.807) is 14.2 Å². The lowest BCUT2D eigenvalue weighted by Crippen LogP contribution is -2.30. The fourth-order valence-corrected chi connectivity index (χ4v) is 4.50. The van der Waals surface area contributed by atoms with Gasteiger partial charge in [-0.3, -0.25) is 4.79 Å². The van der Waals surface area contributed by atoms with Crippen molar-refractivity contribution in [1.29, 1.82) is 0 Å². The number of ether oxygens (including phenoxy) is 3. The average molecular weight is 458 g/mol. The van der Waals surface area contributed by atoms with E-state index in [9.17, 15) is 4.79 Å². The Hall–Kier alpha value is -4.00. The van der Waals surface area contributed by atoms with Gasteiger partial charge in [0, 0.05) is 36.1 Å². The van der Waals surface area contributed by atoms with Gasteiger partial charge in [0.05, 0.1) is 26.0 Å². The normalized spacial score (nSPS) is 15.5. The van der Waals surface area contributed by atoms with Crippen LogP contribution in [0.4, 0.5) is 0 Å². The Kier molecular flexibility index (Phi) is 6.08. The molecule has 0 N–H and O–H groups in total. The number of imidazole rings is 1. The number of methoxy groups -OCH3 is 2. The molecule has 2 aromatic heterocycles. The van der Waals surface area contributed by atoms with E-state index in [2.05, 4.69) is 4.98 Å². The molecular weight excluding hydrogens is 430 g/mol. The summed E-state index contributed by atoms with van der Waals surface area (Å²) in [5.41, 5.74) is 3.37. The number of benzene rings is 2. The second kappa shape index (κ2) is 9.47. The lowest BCUT2D eigenvalue weighted by molar-refractivity contribution is 0.0734. The first kappa shape index (κ1) is 21.8. The lowest BCUT2D eigenvalue weighted by Gasteiger charge is -2.26. The molecule has 1 saturated heterocycles. The fourth-order valence-electron chi connectivity index (χ4n) is 4.50. The summed E-state index contributed by atoms with van der Waals surface area (Å²) in [4.78, 5) is 19.8. The van der Waals surface area contributed by atoms with E-state index >= 15 is 0 Å². The Labute approximate surface area is 198 Å². The molecule has 3 heterocycles. The molecule has 0 unspecified atom stereocenters. The summed E-state index contributed by atoms with van der Waals surface area (Å²) >= 11 is 0. The van der Waals surface area contributed by atoms with Gasteiger partial charge in [-0.15, -0.1) is 0 Å². The zero-order valence-corrected chi connectivity index (χ0v) is 19.3. The van der Waals surface area contributed by atoms with Crippen LogP contribution >= 0.6 is 0 Å². The number of likely N-dealkylation sites (tertiary alicyclic amines) is 1. The van der Waals surface area contributed by atoms with Gasteiger partial charge in [0.2, 0.25) is 0 Å². The summed E-state index contributed by atoms with van der Waals surface area (Å²) < 4.78 is 18.8. The number of rotatable bonds is 7. The molecule has 2 aromatic carbocycles. The first-order valence-corrected chi connectivity index (χ1v) is 11.3. The molecule has 0 bridgehead atoms. The number of pyridine rings is 1. The van der Waals surface area contributed by atoms with Gasteiger partial charge in [-0.1, -0.05) is 6.07 Å². The minimum absolute atomic E-state index is 0.00673. The van der Waals surface area contributed by atoms with Gasteiger partial charge in [0.15, 0.2) is 0 Å². The number of nitrogens with zero attached hydrogens (tertiary/aromatic N) is 3. The summed E-state index contributed by atoms with van der Waals surface area (Å²) in [6.45, 7) is 1.07. The molecule has 0 saturated carbocycles. The highest BCUT2D eigenvalue weighted by Gasteiger charge is 2.32. The Morgan fingerprint density at radius 3 is 2.62 bits per heavy atom. The van der Waals surface area contributed by atoms with Crippen LogP contribution in [0.15, 0.2) is 73.1 Å². The third-order valence-electron chi connectivity index (χ3n) is 6.22. The molecule has 7 nitrogen and oxygen atoms in total. The van der Waals surface area contributed by atoms with E-state index < -0.39 is 0 Å². The number of fused-ring (bicyclic) bond motifs is 1. The fraction of sp³-hybridized carbons (Fsp3) is 0.259. The van der Waals surface area contributed by atoms with Crippen LogP contribution in [0.25, 0.3) is 5.65 Å². The number of aromatic nitrogens is 2. The van der Waals surface area contributed by atoms with Crippen LogP contribution in [-0.4, -0.2) is 41.0 Å². The predicted octanol–water partition coefficient (Wildman–Crippen LogP) is 4.91. The summed E-state index contributed by atoms with van der Waals surface area (Å²) in [7, 11) is 3.27. The highest BCUT2D eigenvalue weighted by Crippen LogP contribution is 2.39. The van der Waals surface area contributed by atoms with Gasteiger partial charge in [-0.25, -0.2) is 4.98 Å². The van der Waals surface area contributed by atoms with E-state index in [0.717, 1.165) is 41.2 Å². The smallest absolute Gasteiger partial charge is 0.254 e. The van der Waals surface area contributed by atoms with Crippen molar-refractivity contribution in [2.75, 3.05) is 20.8 Å². The van der Waals surface area contributed by atoms with E-state index in [1.807, 2.05) is 82.4 Å². The molecule has 174 valence electrons. The number of carbonyl (C=O) groups is 1. The molecule has 1 fully saturated rings. The third-order valence-corrected chi connectivity index (χ3v) is 6.22. The minimum Gasteiger partial charge on any atom is -0.497 e. The van der Waals surface area contributed by atoms with E-state index in [1.165, 1.54) is 0 Å². The van der Waals surface area contributed by atoms with Crippen LogP contribution in [0.5, 0.6) is 17.2 Å². The second-order valence-corrected chi connectivity index (χ2v) is 8.28. The van der Waals surface area contributed by atoms with Crippen molar-refractivity contribution in [2.24, 2.45) is 0 Å². The Bertz CT molecular complexity index is 1270. The van der Waals surface area contributed by atoms with Gasteiger partial charge in [0.25, 0.3) is 5.91 Å². The predicted molar refractivity (Wildman–Crippen MR) is 129 cm³/mol. The van der Waals surface area contributed by atoms with Gasteiger partial charge < -0.3 is 23.5 Å². The number of hydrogen-bond donors (Lipinski definition) is 0. The molecular formula is C27H27N3O4. The van der Waals surface area contributed by atoms with Crippen LogP contribution in [0.2, 0.25) is 0 Å². The highest BCUT2D eigenvalue weighted by atomic mass is 16.5. The van der Waals surface area contributed by atoms with Crippen LogP contribution in [0.3, 0.4) is 0 Å². The first-order chi connectivity index (χ1) is 16.7. The van der Waals surface area contributed by atoms with Crippen molar-refractivity contribution < 1.29 is 19.0 Å². The average Bonchev–Trinajstić information content (AvgIpc) is 3.54. The highest BCUT2D eigenvalue weighted by molar-refractivity contribution is 5.94. The maximum Gasteiger partial charge on any atom is 0.254 e. The van der Waals surface area contributed by atoms with Crippen LogP contribution in [0.1, 0.15) is 40.5 Å². The largest absolute Gasteiger partial charge is 0.497 e. The lowest BCUT2D eigenvalue weighted by atomic mass is 10.0. The van der Waals surface area contributed by atoms with Gasteiger partial charge in [0.1, 0.15) is 29.5 Å². The zero-order valence-electron chi connectivity index (χ0n) is 19.3. The topological polar surface area (TPSA) is 65.3 Å². The molecule has 7 heteroatoms.